The number of imide groups is 2. The number of aromatic nitrogens is 2. The van der Waals surface area contributed by atoms with E-state index in [-0.39, 0.29) is 18.9 Å². The monoisotopic (exact) mass is 292 g/mol. The van der Waals surface area contributed by atoms with E-state index < -0.39 is 23.8 Å². The van der Waals surface area contributed by atoms with Gasteiger partial charge in [-0.3, -0.25) is 19.8 Å². The third kappa shape index (κ3) is 2.65. The van der Waals surface area contributed by atoms with Gasteiger partial charge >= 0.3 is 6.03 Å². The van der Waals surface area contributed by atoms with Crippen LogP contribution in [-0.4, -0.2) is 39.4 Å². The van der Waals surface area contributed by atoms with E-state index in [0.29, 0.717) is 5.89 Å². The van der Waals surface area contributed by atoms with Gasteiger partial charge in [0.15, 0.2) is 6.33 Å². The lowest BCUT2D eigenvalue weighted by atomic mass is 9.87. The van der Waals surface area contributed by atoms with Crippen molar-refractivity contribution in [2.45, 2.75) is 32.1 Å². The second-order valence-electron chi connectivity index (χ2n) is 5.39. The van der Waals surface area contributed by atoms with Crippen LogP contribution in [0.1, 0.15) is 31.6 Å². The fraction of sp³-hybridized carbons (Fsp3) is 0.615. The highest BCUT2D eigenvalue weighted by Gasteiger charge is 2.45. The number of nitrogens with zero attached hydrogens (tertiary/aromatic N) is 3. The van der Waals surface area contributed by atoms with Crippen molar-refractivity contribution in [3.05, 3.63) is 12.2 Å². The average Bonchev–Trinajstić information content (AvgIpc) is 3.10. The van der Waals surface area contributed by atoms with Crippen molar-refractivity contribution in [1.29, 1.82) is 0 Å². The number of barbiturate groups is 1. The molecular formula is C13H16N4O4. The number of amides is 4. The number of nitrogens with one attached hydrogen (secondary N) is 1. The van der Waals surface area contributed by atoms with Gasteiger partial charge in [0.2, 0.25) is 17.7 Å². The van der Waals surface area contributed by atoms with Crippen LogP contribution in [0.25, 0.3) is 0 Å². The van der Waals surface area contributed by atoms with Crippen LogP contribution in [0.15, 0.2) is 10.9 Å². The van der Waals surface area contributed by atoms with Crippen LogP contribution in [0.3, 0.4) is 0 Å². The van der Waals surface area contributed by atoms with Crippen LogP contribution < -0.4 is 5.32 Å². The zero-order chi connectivity index (χ0) is 14.8. The maximum Gasteiger partial charge on any atom is 0.330 e. The molecule has 0 aromatic carbocycles. The van der Waals surface area contributed by atoms with E-state index in [1.165, 1.54) is 6.33 Å². The Kier molecular flexibility index (Phi) is 3.68. The zero-order valence-electron chi connectivity index (χ0n) is 11.4. The minimum atomic E-state index is -0.743. The Hall–Kier alpha value is -2.25. The Labute approximate surface area is 120 Å². The smallest absolute Gasteiger partial charge is 0.330 e. The first-order chi connectivity index (χ1) is 10.2. The number of rotatable bonds is 4. The Balaban J connectivity index is 1.71. The van der Waals surface area contributed by atoms with E-state index in [4.69, 9.17) is 4.52 Å². The normalized spacial score (nSPS) is 23.7. The first-order valence-corrected chi connectivity index (χ1v) is 7.08. The van der Waals surface area contributed by atoms with Crippen LogP contribution in [0.4, 0.5) is 4.79 Å². The molecule has 1 aromatic rings. The second-order valence-corrected chi connectivity index (χ2v) is 5.39. The molecule has 1 atom stereocenters. The molecule has 1 saturated heterocycles. The molecule has 1 aliphatic carbocycles. The van der Waals surface area contributed by atoms with Gasteiger partial charge in [-0.05, 0) is 18.8 Å². The lowest BCUT2D eigenvalue weighted by Gasteiger charge is -2.32. The maximum absolute atomic E-state index is 12.5. The summed E-state index contributed by atoms with van der Waals surface area (Å²) in [6.07, 6.45) is 5.31. The van der Waals surface area contributed by atoms with Crippen molar-refractivity contribution in [3.8, 4) is 0 Å². The largest absolute Gasteiger partial charge is 0.340 e. The molecule has 1 aromatic heterocycles. The van der Waals surface area contributed by atoms with E-state index in [1.54, 1.807) is 0 Å². The zero-order valence-corrected chi connectivity index (χ0v) is 11.4. The summed E-state index contributed by atoms with van der Waals surface area (Å²) < 4.78 is 4.85. The summed E-state index contributed by atoms with van der Waals surface area (Å²) in [5.41, 5.74) is 0. The third-order valence-corrected chi connectivity index (χ3v) is 4.12. The van der Waals surface area contributed by atoms with Crippen molar-refractivity contribution in [1.82, 2.24) is 20.4 Å². The van der Waals surface area contributed by atoms with Crippen molar-refractivity contribution in [2.24, 2.45) is 11.8 Å². The molecule has 2 fully saturated rings. The Morgan fingerprint density at radius 1 is 1.29 bits per heavy atom. The minimum absolute atomic E-state index is 0.0384. The first-order valence-electron chi connectivity index (χ1n) is 7.08. The van der Waals surface area contributed by atoms with E-state index >= 15 is 0 Å². The number of urea groups is 1. The SMILES string of the molecule is O=C1NC(=O)N(CCc2ncno2)C(=O)C1C1CCCC1. The lowest BCUT2D eigenvalue weighted by Crippen LogP contribution is -2.59. The molecule has 2 heterocycles. The molecule has 1 unspecified atom stereocenters. The van der Waals surface area contributed by atoms with Crippen LogP contribution in [0.5, 0.6) is 0 Å². The molecular weight excluding hydrogens is 276 g/mol. The van der Waals surface area contributed by atoms with Crippen LogP contribution in [0, 0.1) is 11.8 Å². The molecule has 1 aliphatic heterocycles. The summed E-state index contributed by atoms with van der Waals surface area (Å²) in [6.45, 7) is 0.128. The van der Waals surface area contributed by atoms with Gasteiger partial charge in [-0.1, -0.05) is 18.0 Å². The van der Waals surface area contributed by atoms with Gasteiger partial charge in [0.05, 0.1) is 0 Å². The summed E-state index contributed by atoms with van der Waals surface area (Å²) in [4.78, 5) is 41.2. The summed E-state index contributed by atoms with van der Waals surface area (Å²) in [7, 11) is 0. The van der Waals surface area contributed by atoms with Gasteiger partial charge in [-0.2, -0.15) is 4.98 Å². The number of carbonyl (C=O) groups excluding carboxylic acids is 3. The van der Waals surface area contributed by atoms with Gasteiger partial charge in [0.25, 0.3) is 0 Å². The lowest BCUT2D eigenvalue weighted by molar-refractivity contribution is -0.145. The topological polar surface area (TPSA) is 105 Å². The summed E-state index contributed by atoms with van der Waals surface area (Å²) >= 11 is 0. The van der Waals surface area contributed by atoms with Crippen LogP contribution in [-0.2, 0) is 16.0 Å². The molecule has 0 spiro atoms. The molecule has 1 N–H and O–H groups in total. The molecule has 3 rings (SSSR count). The molecule has 8 nitrogen and oxygen atoms in total. The maximum atomic E-state index is 12.5. The first kappa shape index (κ1) is 13.7. The van der Waals surface area contributed by atoms with Crippen molar-refractivity contribution >= 4 is 17.8 Å². The highest BCUT2D eigenvalue weighted by Crippen LogP contribution is 2.33. The number of hydrogen-bond donors (Lipinski definition) is 1. The van der Waals surface area contributed by atoms with E-state index in [0.717, 1.165) is 30.6 Å². The molecule has 112 valence electrons. The highest BCUT2D eigenvalue weighted by atomic mass is 16.5. The van der Waals surface area contributed by atoms with Crippen LogP contribution in [0.2, 0.25) is 0 Å². The molecule has 0 bridgehead atoms. The molecule has 4 amide bonds. The van der Waals surface area contributed by atoms with Crippen molar-refractivity contribution in [2.75, 3.05) is 6.54 Å². The minimum Gasteiger partial charge on any atom is -0.340 e. The second kappa shape index (κ2) is 5.63. The van der Waals surface area contributed by atoms with Crippen LogP contribution >= 0.6 is 0 Å². The quantitative estimate of drug-likeness (QED) is 0.810. The summed E-state index contributed by atoms with van der Waals surface area (Å²) in [5.74, 6) is -1.23. The molecule has 2 aliphatic rings. The standard InChI is InChI=1S/C13H16N4O4/c18-11-10(8-3-1-2-4-8)12(19)17(13(20)16-11)6-5-9-14-7-15-21-9/h7-8,10H,1-6H2,(H,16,18,20). The highest BCUT2D eigenvalue weighted by molar-refractivity contribution is 6.16. The van der Waals surface area contributed by atoms with E-state index in [1.807, 2.05) is 0 Å². The van der Waals surface area contributed by atoms with Gasteiger partial charge < -0.3 is 4.52 Å². The van der Waals surface area contributed by atoms with Crippen molar-refractivity contribution in [3.63, 3.8) is 0 Å². The van der Waals surface area contributed by atoms with Gasteiger partial charge in [-0.15, -0.1) is 0 Å². The summed E-state index contributed by atoms with van der Waals surface area (Å²) in [6, 6.07) is -0.668. The Morgan fingerprint density at radius 3 is 2.71 bits per heavy atom. The van der Waals surface area contributed by atoms with Gasteiger partial charge in [0, 0.05) is 13.0 Å². The summed E-state index contributed by atoms with van der Waals surface area (Å²) in [5, 5.41) is 5.75. The molecule has 1 saturated carbocycles. The molecule has 8 heteroatoms. The van der Waals surface area contributed by atoms with Gasteiger partial charge in [0.1, 0.15) is 5.92 Å². The predicted octanol–water partition coefficient (Wildman–Crippen LogP) is 0.497. The fourth-order valence-electron chi connectivity index (χ4n) is 3.06. The van der Waals surface area contributed by atoms with Crippen molar-refractivity contribution < 1.29 is 18.9 Å². The van der Waals surface area contributed by atoms with E-state index in [9.17, 15) is 14.4 Å². The predicted molar refractivity (Wildman–Crippen MR) is 68.7 cm³/mol. The fourth-order valence-corrected chi connectivity index (χ4v) is 3.06. The Morgan fingerprint density at radius 2 is 2.05 bits per heavy atom. The molecule has 0 radical (unpaired) electrons. The number of carbonyl (C=O) groups is 3. The third-order valence-electron chi connectivity index (χ3n) is 4.12. The number of hydrogen-bond acceptors (Lipinski definition) is 6. The Bertz CT molecular complexity index is 551. The average molecular weight is 292 g/mol. The molecule has 21 heavy (non-hydrogen) atoms. The van der Waals surface area contributed by atoms with Gasteiger partial charge in [-0.25, -0.2) is 4.79 Å². The van der Waals surface area contributed by atoms with E-state index in [2.05, 4.69) is 15.5 Å².